The minimum absolute atomic E-state index is 0. The first kappa shape index (κ1) is 50.1. The number of aromatic nitrogens is 4. The third-order valence-electron chi connectivity index (χ3n) is 14.6. The van der Waals surface area contributed by atoms with E-state index in [1.165, 1.54) is 38.9 Å². The van der Waals surface area contributed by atoms with Crippen molar-refractivity contribution >= 4 is 21.8 Å². The van der Waals surface area contributed by atoms with E-state index in [0.717, 1.165) is 50.3 Å². The summed E-state index contributed by atoms with van der Waals surface area (Å²) in [6.07, 6.45) is 8.03. The van der Waals surface area contributed by atoms with Crippen LogP contribution in [0.5, 0.6) is 11.5 Å². The molecular weight excluding hydrogens is 1060 g/mol. The van der Waals surface area contributed by atoms with Crippen LogP contribution < -0.4 is 9.30 Å². The monoisotopic (exact) mass is 1120 g/mol. The van der Waals surface area contributed by atoms with Crippen molar-refractivity contribution in [2.45, 2.75) is 104 Å². The molecule has 0 radical (unpaired) electrons. The van der Waals surface area contributed by atoms with Gasteiger partial charge in [0.25, 0.3) is 6.33 Å². The van der Waals surface area contributed by atoms with Gasteiger partial charge in [-0.25, -0.2) is 4.98 Å². The van der Waals surface area contributed by atoms with Gasteiger partial charge in [0.05, 0.1) is 11.4 Å². The number of nitrogens with zero attached hydrogens (tertiary/aromatic N) is 4. The second kappa shape index (κ2) is 19.7. The minimum atomic E-state index is -0.242. The van der Waals surface area contributed by atoms with E-state index in [2.05, 4.69) is 272 Å². The summed E-state index contributed by atoms with van der Waals surface area (Å²) in [5, 5.41) is 2.21. The van der Waals surface area contributed by atoms with Crippen molar-refractivity contribution in [1.29, 1.82) is 0 Å². The standard InChI is InChI=1S/C66H64N4O.Pt/c1-44(2)55-29-21-30-56(45(3)4)63(55)61-42-68(51-27-20-26-48(36-51)65(8,9)46-22-14-12-15-23-46)43-69(61)52-37-50(64(5,6)7)38-54(40-52)71-53-32-33-58-57-28-18-19-31-59(57)70(60(58)41-53)62-39-49(34-35-67-62)66(10,11)47-24-16-13-17-25-47;/h12-39,42,44-45H,1-11H3;/q-2;. The minimum Gasteiger partial charge on any atom is -0.510 e. The molecule has 366 valence electrons. The maximum absolute atomic E-state index is 6.98. The fourth-order valence-corrected chi connectivity index (χ4v) is 10.2. The summed E-state index contributed by atoms with van der Waals surface area (Å²) in [5.41, 5.74) is 14.0. The predicted octanol–water partition coefficient (Wildman–Crippen LogP) is 16.3. The number of fused-ring (bicyclic) bond motifs is 3. The molecule has 0 amide bonds. The quantitative estimate of drug-likeness (QED) is 0.0903. The number of para-hydroxylation sites is 1. The Hall–Kier alpha value is -6.81. The average Bonchev–Trinajstić information content (AvgIpc) is 3.96. The summed E-state index contributed by atoms with van der Waals surface area (Å²) in [7, 11) is 0. The Morgan fingerprint density at radius 1 is 0.542 bits per heavy atom. The predicted molar refractivity (Wildman–Crippen MR) is 292 cm³/mol. The molecule has 10 rings (SSSR count). The molecule has 0 fully saturated rings. The van der Waals surface area contributed by atoms with Gasteiger partial charge in [-0.05, 0) is 97.6 Å². The molecule has 72 heavy (non-hydrogen) atoms. The molecule has 0 bridgehead atoms. The molecule has 7 aromatic carbocycles. The van der Waals surface area contributed by atoms with E-state index in [1.54, 1.807) is 0 Å². The second-order valence-corrected chi connectivity index (χ2v) is 21.8. The Labute approximate surface area is 441 Å². The number of benzene rings is 7. The van der Waals surface area contributed by atoms with Crippen molar-refractivity contribution in [3.8, 4) is 39.9 Å². The number of rotatable bonds is 12. The number of ether oxygens (including phenoxy) is 1. The largest absolute Gasteiger partial charge is 0.510 e. The Morgan fingerprint density at radius 2 is 1.14 bits per heavy atom. The smallest absolute Gasteiger partial charge is 0.267 e. The Bertz CT molecular complexity index is 3530. The average molecular weight is 1120 g/mol. The van der Waals surface area contributed by atoms with E-state index >= 15 is 0 Å². The number of hydrogen-bond donors (Lipinski definition) is 0. The number of pyridine rings is 1. The maximum Gasteiger partial charge on any atom is 0.267 e. The molecule has 0 saturated carbocycles. The summed E-state index contributed by atoms with van der Waals surface area (Å²) in [5.74, 6) is 2.59. The Kier molecular flexibility index (Phi) is 13.7. The molecule has 0 spiro atoms. The van der Waals surface area contributed by atoms with Crippen molar-refractivity contribution in [3.63, 3.8) is 0 Å². The molecule has 0 aliphatic carbocycles. The topological polar surface area (TPSA) is 35.9 Å². The summed E-state index contributed by atoms with van der Waals surface area (Å²) in [4.78, 5) is 5.00. The number of imidazole rings is 1. The first-order valence-corrected chi connectivity index (χ1v) is 25.1. The molecule has 0 N–H and O–H groups in total. The third-order valence-corrected chi connectivity index (χ3v) is 14.6. The van der Waals surface area contributed by atoms with Gasteiger partial charge in [-0.15, -0.1) is 29.7 Å². The van der Waals surface area contributed by atoms with Crippen LogP contribution in [0.1, 0.15) is 127 Å². The van der Waals surface area contributed by atoms with Crippen molar-refractivity contribution in [2.24, 2.45) is 0 Å². The summed E-state index contributed by atoms with van der Waals surface area (Å²) in [6, 6.07) is 66.0. The van der Waals surface area contributed by atoms with Crippen LogP contribution in [0.4, 0.5) is 0 Å². The molecular formula is C66H64N4OPt-2. The van der Waals surface area contributed by atoms with Crippen LogP contribution in [0.25, 0.3) is 50.3 Å². The van der Waals surface area contributed by atoms with Gasteiger partial charge in [-0.3, -0.25) is 4.57 Å². The van der Waals surface area contributed by atoms with Crippen LogP contribution in [0.2, 0.25) is 0 Å². The van der Waals surface area contributed by atoms with Crippen molar-refractivity contribution in [1.82, 2.24) is 14.1 Å². The molecule has 6 heteroatoms. The molecule has 10 aromatic rings. The van der Waals surface area contributed by atoms with Crippen LogP contribution in [-0.4, -0.2) is 14.1 Å². The van der Waals surface area contributed by atoms with Crippen molar-refractivity contribution in [3.05, 3.63) is 234 Å². The number of hydrogen-bond acceptors (Lipinski definition) is 2. The van der Waals surface area contributed by atoms with Crippen molar-refractivity contribution < 1.29 is 30.4 Å². The van der Waals surface area contributed by atoms with Gasteiger partial charge in [0.15, 0.2) is 0 Å². The summed E-state index contributed by atoms with van der Waals surface area (Å²) < 4.78 is 13.6. The van der Waals surface area contributed by atoms with E-state index in [9.17, 15) is 0 Å². The van der Waals surface area contributed by atoms with Gasteiger partial charge in [0, 0.05) is 61.3 Å². The molecule has 0 saturated heterocycles. The molecule has 0 aliphatic heterocycles. The van der Waals surface area contributed by atoms with E-state index in [0.29, 0.717) is 11.5 Å². The molecule has 0 aliphatic rings. The fourth-order valence-electron chi connectivity index (χ4n) is 10.2. The van der Waals surface area contributed by atoms with Gasteiger partial charge in [0.2, 0.25) is 0 Å². The molecule has 3 heterocycles. The Morgan fingerprint density at radius 3 is 1.78 bits per heavy atom. The maximum atomic E-state index is 6.98. The van der Waals surface area contributed by atoms with Crippen molar-refractivity contribution in [2.75, 3.05) is 0 Å². The second-order valence-electron chi connectivity index (χ2n) is 21.8. The van der Waals surface area contributed by atoms with Gasteiger partial charge >= 0.3 is 0 Å². The van der Waals surface area contributed by atoms with Gasteiger partial charge < -0.3 is 13.9 Å². The first-order valence-electron chi connectivity index (χ1n) is 25.1. The SMILES string of the molecule is CC(C)c1cccc(C(C)C)c1-c1c[n+](-c2cccc(C(C)(C)c3ccccc3)c2)[c-]n1-c1[c-]c(Oc2[c-]c3c(cc2)c2ccccc2n3-c2cc(C(C)(C)c3ccccc3)ccn2)cc(C(C)(C)C)c1.[Pt]. The normalized spacial score (nSPS) is 12.2. The van der Waals surface area contributed by atoms with E-state index in [-0.39, 0.29) is 49.1 Å². The summed E-state index contributed by atoms with van der Waals surface area (Å²) >= 11 is 0. The van der Waals surface area contributed by atoms with Gasteiger partial charge in [-0.1, -0.05) is 191 Å². The zero-order chi connectivity index (χ0) is 49.8. The van der Waals surface area contributed by atoms with Crippen LogP contribution in [0, 0.1) is 18.5 Å². The van der Waals surface area contributed by atoms with Crippen LogP contribution >= 0.6 is 0 Å². The Balaban J connectivity index is 0.00000640. The molecule has 5 nitrogen and oxygen atoms in total. The van der Waals surface area contributed by atoms with Crippen LogP contribution in [0.15, 0.2) is 176 Å². The van der Waals surface area contributed by atoms with Crippen LogP contribution in [-0.2, 0) is 37.3 Å². The van der Waals surface area contributed by atoms with E-state index < -0.39 is 0 Å². The van der Waals surface area contributed by atoms with Crippen LogP contribution in [0.3, 0.4) is 0 Å². The fraction of sp³-hybridized carbons (Fsp3) is 0.242. The third kappa shape index (κ3) is 9.41. The summed E-state index contributed by atoms with van der Waals surface area (Å²) in [6.45, 7) is 25.0. The first-order chi connectivity index (χ1) is 34.0. The zero-order valence-corrected chi connectivity index (χ0v) is 45.7. The molecule has 0 unspecified atom stereocenters. The van der Waals surface area contributed by atoms with E-state index in [1.807, 2.05) is 12.3 Å². The van der Waals surface area contributed by atoms with E-state index in [4.69, 9.17) is 9.72 Å². The zero-order valence-electron chi connectivity index (χ0n) is 43.4. The molecule has 3 aromatic heterocycles. The molecule has 0 atom stereocenters. The van der Waals surface area contributed by atoms with Gasteiger partial charge in [-0.2, -0.15) is 17.7 Å². The van der Waals surface area contributed by atoms with Gasteiger partial charge in [0.1, 0.15) is 5.82 Å².